The van der Waals surface area contributed by atoms with Crippen LogP contribution in [0.2, 0.25) is 5.02 Å². The van der Waals surface area contributed by atoms with Gasteiger partial charge in [0.25, 0.3) is 5.91 Å². The second-order valence-corrected chi connectivity index (χ2v) is 10.2. The number of aliphatic imine (C=N–C) groups is 1. The van der Waals surface area contributed by atoms with Crippen molar-refractivity contribution < 1.29 is 32.9 Å². The number of methoxy groups -OCH3 is 3. The monoisotopic (exact) mass is 614 g/mol. The fraction of sp³-hybridized carbons (Fsp3) is 0.147. The predicted molar refractivity (Wildman–Crippen MR) is 166 cm³/mol. The number of allylic oxidation sites excluding steroid dienone is 1. The summed E-state index contributed by atoms with van der Waals surface area (Å²) in [5.41, 5.74) is 0.695. The number of rotatable bonds is 10. The highest BCUT2D eigenvalue weighted by Crippen LogP contribution is 2.38. The predicted octanol–water partition coefficient (Wildman–Crippen LogP) is 6.93. The molecule has 1 aliphatic rings. The van der Waals surface area contributed by atoms with Gasteiger partial charge < -0.3 is 24.3 Å². The van der Waals surface area contributed by atoms with E-state index in [4.69, 9.17) is 30.5 Å². The van der Waals surface area contributed by atoms with E-state index in [0.717, 1.165) is 0 Å². The van der Waals surface area contributed by atoms with Gasteiger partial charge in [0.05, 0.1) is 21.3 Å². The molecule has 5 rings (SSSR count). The average Bonchev–Trinajstić information content (AvgIpc) is 3.55. The molecule has 8 nitrogen and oxygen atoms in total. The van der Waals surface area contributed by atoms with E-state index in [1.54, 1.807) is 78.9 Å². The number of anilines is 1. The zero-order valence-corrected chi connectivity index (χ0v) is 24.8. The minimum Gasteiger partial charge on any atom is -0.493 e. The molecule has 1 amide bonds. The van der Waals surface area contributed by atoms with Crippen LogP contribution >= 0.6 is 11.6 Å². The topological polar surface area (TPSA) is 95.5 Å². The van der Waals surface area contributed by atoms with Crippen LogP contribution in [0.1, 0.15) is 33.2 Å². The van der Waals surface area contributed by atoms with Crippen molar-refractivity contribution in [3.05, 3.63) is 130 Å². The molecule has 0 spiro atoms. The molecule has 2 unspecified atom stereocenters. The van der Waals surface area contributed by atoms with Gasteiger partial charge in [-0.1, -0.05) is 41.9 Å². The molecule has 44 heavy (non-hydrogen) atoms. The van der Waals surface area contributed by atoms with Gasteiger partial charge in [0.1, 0.15) is 23.2 Å². The molecule has 4 aromatic carbocycles. The molecule has 0 aliphatic carbocycles. The lowest BCUT2D eigenvalue weighted by Gasteiger charge is -2.25. The zero-order valence-electron chi connectivity index (χ0n) is 24.0. The number of hydrogen-bond acceptors (Lipinski definition) is 7. The number of carbonyl (C=O) groups excluding carboxylic acids is 2. The van der Waals surface area contributed by atoms with Crippen LogP contribution in [0.5, 0.6) is 17.2 Å². The lowest BCUT2D eigenvalue weighted by Crippen LogP contribution is -2.36. The first-order valence-electron chi connectivity index (χ1n) is 13.4. The summed E-state index contributed by atoms with van der Waals surface area (Å²) in [6.45, 7) is 0. The Bertz CT molecular complexity index is 1740. The Hall–Kier alpha value is -5.15. The fourth-order valence-corrected chi connectivity index (χ4v) is 4.99. The number of ether oxygens (including phenoxy) is 4. The maximum absolute atomic E-state index is 14.2. The van der Waals surface area contributed by atoms with E-state index in [-0.39, 0.29) is 11.3 Å². The van der Waals surface area contributed by atoms with Crippen LogP contribution in [-0.2, 0) is 15.1 Å². The molecule has 0 saturated carbocycles. The molecule has 0 aromatic heterocycles. The van der Waals surface area contributed by atoms with Crippen LogP contribution in [0.25, 0.3) is 0 Å². The molecule has 224 valence electrons. The van der Waals surface area contributed by atoms with Gasteiger partial charge in [0, 0.05) is 16.9 Å². The molecule has 0 saturated heterocycles. The summed E-state index contributed by atoms with van der Waals surface area (Å²) in [4.78, 5) is 31.2. The van der Waals surface area contributed by atoms with E-state index in [9.17, 15) is 14.0 Å². The van der Waals surface area contributed by atoms with Crippen molar-refractivity contribution in [3.63, 3.8) is 0 Å². The average molecular weight is 615 g/mol. The van der Waals surface area contributed by atoms with Crippen molar-refractivity contribution in [1.82, 2.24) is 0 Å². The van der Waals surface area contributed by atoms with Gasteiger partial charge in [-0.05, 0) is 83.4 Å². The van der Waals surface area contributed by atoms with Gasteiger partial charge in [-0.15, -0.1) is 0 Å². The van der Waals surface area contributed by atoms with E-state index in [0.29, 0.717) is 38.9 Å². The first kappa shape index (κ1) is 30.3. The molecule has 0 bridgehead atoms. The van der Waals surface area contributed by atoms with Crippen molar-refractivity contribution in [2.75, 3.05) is 26.6 Å². The SMILES string of the molecule is COC(=O)c1cc(NC(=O)C2(c3ccc(OC)c(OC)c3)C=CC=N2)ccc1OC(c1ccc(Cl)cc1)c1cccc(F)c1. The van der Waals surface area contributed by atoms with Gasteiger partial charge in [-0.25, -0.2) is 9.18 Å². The molecule has 10 heteroatoms. The van der Waals surface area contributed by atoms with E-state index >= 15 is 0 Å². The fourth-order valence-electron chi connectivity index (χ4n) is 4.86. The van der Waals surface area contributed by atoms with Crippen LogP contribution in [0.4, 0.5) is 10.1 Å². The molecular weight excluding hydrogens is 587 g/mol. The molecule has 4 aromatic rings. The number of esters is 1. The normalized spacial score (nSPS) is 15.8. The Balaban J connectivity index is 1.49. The number of halogens is 2. The van der Waals surface area contributed by atoms with Gasteiger partial charge in [-0.3, -0.25) is 9.79 Å². The minimum absolute atomic E-state index is 0.0475. The maximum atomic E-state index is 14.2. The second-order valence-electron chi connectivity index (χ2n) is 9.73. The van der Waals surface area contributed by atoms with Crippen LogP contribution in [0, 0.1) is 5.82 Å². The number of amides is 1. The van der Waals surface area contributed by atoms with Gasteiger partial charge in [0.15, 0.2) is 17.0 Å². The van der Waals surface area contributed by atoms with Gasteiger partial charge >= 0.3 is 5.97 Å². The summed E-state index contributed by atoms with van der Waals surface area (Å²) in [7, 11) is 4.27. The summed E-state index contributed by atoms with van der Waals surface area (Å²) in [6, 6.07) is 22.6. The highest BCUT2D eigenvalue weighted by Gasteiger charge is 2.39. The highest BCUT2D eigenvalue weighted by atomic mass is 35.5. The van der Waals surface area contributed by atoms with Gasteiger partial charge in [-0.2, -0.15) is 0 Å². The van der Waals surface area contributed by atoms with Crippen molar-refractivity contribution in [3.8, 4) is 17.2 Å². The van der Waals surface area contributed by atoms with Crippen LogP contribution in [0.3, 0.4) is 0 Å². The summed E-state index contributed by atoms with van der Waals surface area (Å²) < 4.78 is 36.4. The Morgan fingerprint density at radius 2 is 1.61 bits per heavy atom. The molecule has 0 radical (unpaired) electrons. The largest absolute Gasteiger partial charge is 0.493 e. The first-order chi connectivity index (χ1) is 21.3. The van der Waals surface area contributed by atoms with E-state index in [1.807, 2.05) is 0 Å². The lowest BCUT2D eigenvalue weighted by atomic mass is 9.89. The summed E-state index contributed by atoms with van der Waals surface area (Å²) in [5.74, 6) is -0.505. The Morgan fingerprint density at radius 1 is 0.864 bits per heavy atom. The molecule has 1 aliphatic heterocycles. The van der Waals surface area contributed by atoms with E-state index in [2.05, 4.69) is 10.3 Å². The lowest BCUT2D eigenvalue weighted by molar-refractivity contribution is -0.119. The summed E-state index contributed by atoms with van der Waals surface area (Å²) >= 11 is 6.10. The molecule has 1 heterocycles. The highest BCUT2D eigenvalue weighted by molar-refractivity contribution is 6.30. The Labute approximate surface area is 258 Å². The van der Waals surface area contributed by atoms with Crippen molar-refractivity contribution in [1.29, 1.82) is 0 Å². The van der Waals surface area contributed by atoms with Crippen LogP contribution in [0.15, 0.2) is 102 Å². The number of nitrogens with one attached hydrogen (secondary N) is 1. The number of hydrogen-bond donors (Lipinski definition) is 1. The molecule has 1 N–H and O–H groups in total. The summed E-state index contributed by atoms with van der Waals surface area (Å²) in [6.07, 6.45) is 4.09. The zero-order chi connectivity index (χ0) is 31.3. The molecule has 2 atom stereocenters. The summed E-state index contributed by atoms with van der Waals surface area (Å²) in [5, 5.41) is 3.39. The van der Waals surface area contributed by atoms with E-state index in [1.165, 1.54) is 45.7 Å². The van der Waals surface area contributed by atoms with Crippen LogP contribution in [-0.4, -0.2) is 39.4 Å². The molecular formula is C34H28ClFN2O6. The smallest absolute Gasteiger partial charge is 0.341 e. The van der Waals surface area contributed by atoms with Crippen LogP contribution < -0.4 is 19.5 Å². The third kappa shape index (κ3) is 6.14. The minimum atomic E-state index is -1.39. The third-order valence-corrected chi connectivity index (χ3v) is 7.34. The number of nitrogens with zero attached hydrogens (tertiary/aromatic N) is 1. The van der Waals surface area contributed by atoms with Crippen molar-refractivity contribution in [2.24, 2.45) is 4.99 Å². The number of benzene rings is 4. The quantitative estimate of drug-likeness (QED) is 0.195. The Kier molecular flexibility index (Phi) is 8.96. The van der Waals surface area contributed by atoms with Gasteiger partial charge in [0.2, 0.25) is 0 Å². The maximum Gasteiger partial charge on any atom is 0.341 e. The number of carbonyl (C=O) groups is 2. The standard InChI is InChI=1S/C34H28ClFN2O6/c1-41-29-14-10-23(19-30(29)42-2)34(16-5-17-37-34)33(40)38-26-13-15-28(27(20-26)32(39)43-3)44-31(21-8-11-24(35)12-9-21)22-6-4-7-25(36)18-22/h4-20,31H,1-3H3,(H,38,40). The molecule has 0 fully saturated rings. The first-order valence-corrected chi connectivity index (χ1v) is 13.8. The Morgan fingerprint density at radius 3 is 2.27 bits per heavy atom. The van der Waals surface area contributed by atoms with E-state index < -0.39 is 29.3 Å². The second kappa shape index (κ2) is 13.0. The van der Waals surface area contributed by atoms with Crippen molar-refractivity contribution in [2.45, 2.75) is 11.6 Å². The van der Waals surface area contributed by atoms with Crippen molar-refractivity contribution >= 4 is 35.4 Å². The third-order valence-electron chi connectivity index (χ3n) is 7.08.